The molecule has 1 aliphatic rings. The van der Waals surface area contributed by atoms with E-state index >= 15 is 0 Å². The molecule has 0 radical (unpaired) electrons. The zero-order valence-corrected chi connectivity index (χ0v) is 19.5. The van der Waals surface area contributed by atoms with Gasteiger partial charge in [-0.25, -0.2) is 4.39 Å². The second-order valence-electron chi connectivity index (χ2n) is 6.78. The summed E-state index contributed by atoms with van der Waals surface area (Å²) in [5.41, 5.74) is 0. The Bertz CT molecular complexity index is 592. The van der Waals surface area contributed by atoms with Crippen LogP contribution in [0.3, 0.4) is 0 Å². The van der Waals surface area contributed by atoms with E-state index in [0.29, 0.717) is 31.5 Å². The Labute approximate surface area is 189 Å². The minimum absolute atomic E-state index is 0. The molecule has 9 heteroatoms. The number of rotatable bonds is 11. The number of ether oxygens (including phenoxy) is 3. The number of guanidine groups is 1. The quantitative estimate of drug-likeness (QED) is 0.200. The van der Waals surface area contributed by atoms with Gasteiger partial charge in [0, 0.05) is 32.7 Å². The van der Waals surface area contributed by atoms with Gasteiger partial charge < -0.3 is 29.5 Å². The van der Waals surface area contributed by atoms with Gasteiger partial charge in [0.25, 0.3) is 0 Å². The minimum atomic E-state index is -0.741. The second-order valence-corrected chi connectivity index (χ2v) is 6.78. The van der Waals surface area contributed by atoms with Gasteiger partial charge in [-0.05, 0) is 37.6 Å². The van der Waals surface area contributed by atoms with E-state index in [1.165, 1.54) is 24.3 Å². The third-order valence-corrected chi connectivity index (χ3v) is 4.41. The molecule has 1 aromatic rings. The summed E-state index contributed by atoms with van der Waals surface area (Å²) in [6.45, 7) is 6.83. The first kappa shape index (κ1) is 25.9. The van der Waals surface area contributed by atoms with Gasteiger partial charge in [-0.1, -0.05) is 0 Å². The van der Waals surface area contributed by atoms with E-state index in [0.717, 1.165) is 32.0 Å². The summed E-state index contributed by atoms with van der Waals surface area (Å²) < 4.78 is 29.0. The fourth-order valence-electron chi connectivity index (χ4n) is 2.95. The van der Waals surface area contributed by atoms with Crippen LogP contribution in [0.15, 0.2) is 29.3 Å². The SMILES string of the molecule is CCNC(=NCC(O)COc1ccc(F)cc1)N1CCC(COCCOC)C1.I. The summed E-state index contributed by atoms with van der Waals surface area (Å²) in [6.07, 6.45) is 0.308. The molecule has 2 atom stereocenters. The number of likely N-dealkylation sites (tertiary alicyclic amines) is 1. The van der Waals surface area contributed by atoms with Crippen molar-refractivity contribution >= 4 is 29.9 Å². The molecule has 2 N–H and O–H groups in total. The first-order chi connectivity index (χ1) is 13.6. The van der Waals surface area contributed by atoms with E-state index in [1.807, 2.05) is 6.92 Å². The van der Waals surface area contributed by atoms with Crippen molar-refractivity contribution in [3.63, 3.8) is 0 Å². The van der Waals surface area contributed by atoms with Gasteiger partial charge in [0.15, 0.2) is 5.96 Å². The molecular formula is C20H33FIN3O4. The highest BCUT2D eigenvalue weighted by Crippen LogP contribution is 2.17. The molecule has 2 rings (SSSR count). The van der Waals surface area contributed by atoms with Crippen LogP contribution < -0.4 is 10.1 Å². The van der Waals surface area contributed by atoms with Crippen molar-refractivity contribution in [2.24, 2.45) is 10.9 Å². The van der Waals surface area contributed by atoms with Crippen molar-refractivity contribution in [2.75, 3.05) is 59.7 Å². The number of nitrogens with one attached hydrogen (secondary N) is 1. The van der Waals surface area contributed by atoms with E-state index in [1.54, 1.807) is 7.11 Å². The average molecular weight is 525 g/mol. The molecule has 1 aliphatic heterocycles. The number of halogens is 2. The van der Waals surface area contributed by atoms with E-state index in [4.69, 9.17) is 14.2 Å². The largest absolute Gasteiger partial charge is 0.491 e. The molecule has 1 saturated heterocycles. The Kier molecular flexibility index (Phi) is 13.2. The van der Waals surface area contributed by atoms with Crippen LogP contribution >= 0.6 is 24.0 Å². The minimum Gasteiger partial charge on any atom is -0.491 e. The molecule has 0 saturated carbocycles. The molecule has 29 heavy (non-hydrogen) atoms. The Hall–Kier alpha value is -1.17. The second kappa shape index (κ2) is 14.8. The lowest BCUT2D eigenvalue weighted by Gasteiger charge is -2.22. The van der Waals surface area contributed by atoms with Crippen LogP contribution in [0.4, 0.5) is 4.39 Å². The van der Waals surface area contributed by atoms with Crippen LogP contribution in [0.2, 0.25) is 0 Å². The number of benzene rings is 1. The van der Waals surface area contributed by atoms with Crippen LogP contribution in [0.1, 0.15) is 13.3 Å². The topological polar surface area (TPSA) is 75.6 Å². The Morgan fingerprint density at radius 3 is 2.79 bits per heavy atom. The van der Waals surface area contributed by atoms with Crippen molar-refractivity contribution in [2.45, 2.75) is 19.4 Å². The maximum absolute atomic E-state index is 12.9. The zero-order chi connectivity index (χ0) is 20.2. The maximum atomic E-state index is 12.9. The first-order valence-corrected chi connectivity index (χ1v) is 9.78. The fraction of sp³-hybridized carbons (Fsp3) is 0.650. The monoisotopic (exact) mass is 525 g/mol. The normalized spacial score (nSPS) is 17.7. The summed E-state index contributed by atoms with van der Waals surface area (Å²) in [4.78, 5) is 6.74. The number of aliphatic hydroxyl groups excluding tert-OH is 1. The number of nitrogens with zero attached hydrogens (tertiary/aromatic N) is 2. The van der Waals surface area contributed by atoms with E-state index in [-0.39, 0.29) is 42.9 Å². The molecule has 0 aromatic heterocycles. The van der Waals surface area contributed by atoms with Crippen LogP contribution in [-0.2, 0) is 9.47 Å². The van der Waals surface area contributed by atoms with Gasteiger partial charge >= 0.3 is 0 Å². The molecule has 166 valence electrons. The molecule has 1 heterocycles. The maximum Gasteiger partial charge on any atom is 0.194 e. The Morgan fingerprint density at radius 1 is 1.34 bits per heavy atom. The smallest absolute Gasteiger partial charge is 0.194 e. The van der Waals surface area contributed by atoms with Crippen LogP contribution in [0.5, 0.6) is 5.75 Å². The van der Waals surface area contributed by atoms with Crippen molar-refractivity contribution in [1.29, 1.82) is 0 Å². The summed E-state index contributed by atoms with van der Waals surface area (Å²) in [6, 6.07) is 5.72. The molecule has 2 unspecified atom stereocenters. The predicted octanol–water partition coefficient (Wildman–Crippen LogP) is 2.13. The van der Waals surface area contributed by atoms with Gasteiger partial charge in [0.1, 0.15) is 24.3 Å². The molecule has 1 fully saturated rings. The molecule has 7 nitrogen and oxygen atoms in total. The number of hydrogen-bond donors (Lipinski definition) is 2. The van der Waals surface area contributed by atoms with Crippen molar-refractivity contribution in [3.05, 3.63) is 30.1 Å². The first-order valence-electron chi connectivity index (χ1n) is 9.78. The number of methoxy groups -OCH3 is 1. The lowest BCUT2D eigenvalue weighted by molar-refractivity contribution is 0.0536. The predicted molar refractivity (Wildman–Crippen MR) is 122 cm³/mol. The summed E-state index contributed by atoms with van der Waals surface area (Å²) in [5, 5.41) is 13.4. The van der Waals surface area contributed by atoms with Gasteiger partial charge in [-0.3, -0.25) is 4.99 Å². The molecule has 0 bridgehead atoms. The number of aliphatic imine (C=N–C) groups is 1. The van der Waals surface area contributed by atoms with Crippen molar-refractivity contribution < 1.29 is 23.7 Å². The van der Waals surface area contributed by atoms with E-state index in [9.17, 15) is 9.50 Å². The highest BCUT2D eigenvalue weighted by molar-refractivity contribution is 14.0. The number of hydrogen-bond acceptors (Lipinski definition) is 5. The Balaban J connectivity index is 0.00000420. The fourth-order valence-corrected chi connectivity index (χ4v) is 2.95. The summed E-state index contributed by atoms with van der Waals surface area (Å²) >= 11 is 0. The third-order valence-electron chi connectivity index (χ3n) is 4.41. The third kappa shape index (κ3) is 9.92. The van der Waals surface area contributed by atoms with E-state index < -0.39 is 6.10 Å². The standard InChI is InChI=1S/C20H32FN3O4.HI/c1-3-22-20(24-9-8-16(13-24)14-27-11-10-26-2)23-12-18(25)15-28-19-6-4-17(21)5-7-19;/h4-7,16,18,25H,3,8-15H2,1-2H3,(H,22,23);1H. The molecule has 0 amide bonds. The van der Waals surface area contributed by atoms with Crippen molar-refractivity contribution in [1.82, 2.24) is 10.2 Å². The van der Waals surface area contributed by atoms with Crippen molar-refractivity contribution in [3.8, 4) is 5.75 Å². The van der Waals surface area contributed by atoms with Gasteiger partial charge in [0.05, 0.1) is 26.4 Å². The van der Waals surface area contributed by atoms with Gasteiger partial charge in [0.2, 0.25) is 0 Å². The molecule has 0 spiro atoms. The average Bonchev–Trinajstić information content (AvgIpc) is 3.17. The summed E-state index contributed by atoms with van der Waals surface area (Å²) in [7, 11) is 1.67. The van der Waals surface area contributed by atoms with Crippen LogP contribution in [0.25, 0.3) is 0 Å². The molecular weight excluding hydrogens is 492 g/mol. The highest BCUT2D eigenvalue weighted by Gasteiger charge is 2.25. The molecule has 0 aliphatic carbocycles. The highest BCUT2D eigenvalue weighted by atomic mass is 127. The van der Waals surface area contributed by atoms with Crippen LogP contribution in [-0.4, -0.2) is 81.8 Å². The summed E-state index contributed by atoms with van der Waals surface area (Å²) in [5.74, 6) is 1.46. The van der Waals surface area contributed by atoms with Crippen LogP contribution in [0, 0.1) is 11.7 Å². The molecule has 1 aromatic carbocycles. The lowest BCUT2D eigenvalue weighted by atomic mass is 10.1. The van der Waals surface area contributed by atoms with E-state index in [2.05, 4.69) is 15.2 Å². The lowest BCUT2D eigenvalue weighted by Crippen LogP contribution is -2.41. The Morgan fingerprint density at radius 2 is 2.10 bits per heavy atom. The number of aliphatic hydroxyl groups is 1. The van der Waals surface area contributed by atoms with Gasteiger partial charge in [-0.2, -0.15) is 0 Å². The zero-order valence-electron chi connectivity index (χ0n) is 17.2. The van der Waals surface area contributed by atoms with Gasteiger partial charge in [-0.15, -0.1) is 24.0 Å².